The van der Waals surface area contributed by atoms with Crippen LogP contribution in [-0.4, -0.2) is 21.3 Å². The molecule has 80 valence electrons. The first-order valence-corrected chi connectivity index (χ1v) is 6.16. The number of nitriles is 1. The van der Waals surface area contributed by atoms with E-state index in [9.17, 15) is 8.42 Å². The first-order valence-electron chi connectivity index (χ1n) is 4.35. The van der Waals surface area contributed by atoms with E-state index < -0.39 is 10.1 Å². The van der Waals surface area contributed by atoms with Crippen molar-refractivity contribution in [2.24, 2.45) is 0 Å². The lowest BCUT2D eigenvalue weighted by molar-refractivity contribution is 0.326. The Hall–Kier alpha value is -1.38. The molecule has 0 heterocycles. The van der Waals surface area contributed by atoms with Crippen LogP contribution in [0.15, 0.2) is 24.3 Å². The minimum atomic E-state index is -3.36. The average Bonchev–Trinajstić information content (AvgIpc) is 2.17. The number of hydrogen-bond donors (Lipinski definition) is 0. The van der Waals surface area contributed by atoms with Gasteiger partial charge in [0.2, 0.25) is 0 Å². The highest BCUT2D eigenvalue weighted by Gasteiger charge is 2.01. The summed E-state index contributed by atoms with van der Waals surface area (Å²) < 4.78 is 25.9. The number of nitrogens with zero attached hydrogens (tertiary/aromatic N) is 1. The summed E-state index contributed by atoms with van der Waals surface area (Å²) in [5.74, 6) is 0. The van der Waals surface area contributed by atoms with E-state index in [2.05, 4.69) is 4.18 Å². The lowest BCUT2D eigenvalue weighted by Crippen LogP contribution is -2.06. The van der Waals surface area contributed by atoms with Gasteiger partial charge in [-0.15, -0.1) is 0 Å². The van der Waals surface area contributed by atoms with Crippen molar-refractivity contribution in [3.05, 3.63) is 35.4 Å². The molecule has 0 fully saturated rings. The van der Waals surface area contributed by atoms with E-state index >= 15 is 0 Å². The summed E-state index contributed by atoms with van der Waals surface area (Å²) in [6.07, 6.45) is 1.53. The maximum Gasteiger partial charge on any atom is 0.264 e. The number of benzene rings is 1. The second-order valence-corrected chi connectivity index (χ2v) is 4.73. The molecule has 0 spiro atoms. The molecule has 1 rings (SSSR count). The highest BCUT2D eigenvalue weighted by molar-refractivity contribution is 7.85. The van der Waals surface area contributed by atoms with Gasteiger partial charge in [-0.1, -0.05) is 12.1 Å². The molecule has 1 aromatic carbocycles. The molecule has 0 N–H and O–H groups in total. The fraction of sp³-hybridized carbons (Fsp3) is 0.300. The summed E-state index contributed by atoms with van der Waals surface area (Å²) in [4.78, 5) is 0. The van der Waals surface area contributed by atoms with E-state index in [1.54, 1.807) is 24.3 Å². The van der Waals surface area contributed by atoms with E-state index in [1.165, 1.54) is 0 Å². The lowest BCUT2D eigenvalue weighted by atomic mass is 10.1. The summed E-state index contributed by atoms with van der Waals surface area (Å²) >= 11 is 0. The van der Waals surface area contributed by atoms with Gasteiger partial charge in [0.25, 0.3) is 10.1 Å². The monoisotopic (exact) mass is 225 g/mol. The molecule has 0 radical (unpaired) electrons. The Balaban J connectivity index is 2.49. The van der Waals surface area contributed by atoms with Crippen molar-refractivity contribution < 1.29 is 12.6 Å². The predicted molar refractivity (Wildman–Crippen MR) is 55.7 cm³/mol. The Morgan fingerprint density at radius 2 is 1.93 bits per heavy atom. The maximum absolute atomic E-state index is 10.7. The molecule has 0 amide bonds. The van der Waals surface area contributed by atoms with Gasteiger partial charge in [-0.2, -0.15) is 13.7 Å². The molecule has 15 heavy (non-hydrogen) atoms. The van der Waals surface area contributed by atoms with Crippen molar-refractivity contribution >= 4 is 10.1 Å². The van der Waals surface area contributed by atoms with E-state index in [1.807, 2.05) is 6.07 Å². The van der Waals surface area contributed by atoms with Crippen LogP contribution in [0.5, 0.6) is 0 Å². The van der Waals surface area contributed by atoms with Crippen molar-refractivity contribution in [2.45, 2.75) is 6.42 Å². The third-order valence-corrected chi connectivity index (χ3v) is 2.37. The summed E-state index contributed by atoms with van der Waals surface area (Å²) in [5.41, 5.74) is 1.53. The lowest BCUT2D eigenvalue weighted by Gasteiger charge is -2.01. The SMILES string of the molecule is CS(=O)(=O)OCCc1ccc(C#N)cc1. The molecule has 0 aromatic heterocycles. The summed E-state index contributed by atoms with van der Waals surface area (Å²) in [6.45, 7) is 0.130. The average molecular weight is 225 g/mol. The third-order valence-electron chi connectivity index (χ3n) is 1.77. The van der Waals surface area contributed by atoms with Gasteiger partial charge in [0.05, 0.1) is 24.5 Å². The Morgan fingerprint density at radius 3 is 2.40 bits per heavy atom. The number of rotatable bonds is 4. The summed E-state index contributed by atoms with van der Waals surface area (Å²) in [7, 11) is -3.36. The van der Waals surface area contributed by atoms with Crippen molar-refractivity contribution in [1.82, 2.24) is 0 Å². The fourth-order valence-corrected chi connectivity index (χ4v) is 1.44. The van der Waals surface area contributed by atoms with E-state index in [-0.39, 0.29) is 6.61 Å². The summed E-state index contributed by atoms with van der Waals surface area (Å²) in [5, 5.41) is 8.56. The normalized spacial score (nSPS) is 10.9. The first kappa shape index (κ1) is 11.7. The molecule has 0 bridgehead atoms. The van der Waals surface area contributed by atoms with Crippen LogP contribution in [0.3, 0.4) is 0 Å². The third kappa shape index (κ3) is 4.58. The molecular formula is C10H11NO3S. The van der Waals surface area contributed by atoms with E-state index in [0.29, 0.717) is 12.0 Å². The van der Waals surface area contributed by atoms with Crippen LogP contribution in [0.4, 0.5) is 0 Å². The Kier molecular flexibility index (Phi) is 3.83. The van der Waals surface area contributed by atoms with Gasteiger partial charge in [-0.3, -0.25) is 4.18 Å². The van der Waals surface area contributed by atoms with Gasteiger partial charge in [0.1, 0.15) is 0 Å². The molecule has 0 saturated heterocycles. The zero-order valence-electron chi connectivity index (χ0n) is 8.30. The van der Waals surface area contributed by atoms with Crippen LogP contribution in [-0.2, 0) is 20.7 Å². The van der Waals surface area contributed by atoms with Gasteiger partial charge in [-0.05, 0) is 24.1 Å². The van der Waals surface area contributed by atoms with Crippen molar-refractivity contribution in [1.29, 1.82) is 5.26 Å². The Labute approximate surface area is 89.2 Å². The van der Waals surface area contributed by atoms with E-state index in [0.717, 1.165) is 11.8 Å². The van der Waals surface area contributed by atoms with Gasteiger partial charge >= 0.3 is 0 Å². The molecule has 0 unspecified atom stereocenters. The molecule has 0 saturated carbocycles. The zero-order valence-corrected chi connectivity index (χ0v) is 9.12. The second kappa shape index (κ2) is 4.91. The van der Waals surface area contributed by atoms with Crippen LogP contribution in [0.25, 0.3) is 0 Å². The summed E-state index contributed by atoms with van der Waals surface area (Å²) in [6, 6.07) is 8.95. The quantitative estimate of drug-likeness (QED) is 0.719. The van der Waals surface area contributed by atoms with Gasteiger partial charge in [0.15, 0.2) is 0 Å². The topological polar surface area (TPSA) is 67.2 Å². The maximum atomic E-state index is 10.7. The Morgan fingerprint density at radius 1 is 1.33 bits per heavy atom. The highest BCUT2D eigenvalue weighted by Crippen LogP contribution is 2.04. The van der Waals surface area contributed by atoms with Crippen LogP contribution < -0.4 is 0 Å². The molecular weight excluding hydrogens is 214 g/mol. The molecule has 0 aliphatic heterocycles. The van der Waals surface area contributed by atoms with E-state index in [4.69, 9.17) is 5.26 Å². The minimum Gasteiger partial charge on any atom is -0.270 e. The molecule has 5 heteroatoms. The minimum absolute atomic E-state index is 0.130. The van der Waals surface area contributed by atoms with Crippen molar-refractivity contribution in [3.8, 4) is 6.07 Å². The molecule has 0 atom stereocenters. The van der Waals surface area contributed by atoms with Crippen LogP contribution >= 0.6 is 0 Å². The number of hydrogen-bond acceptors (Lipinski definition) is 4. The van der Waals surface area contributed by atoms with Gasteiger partial charge in [-0.25, -0.2) is 0 Å². The molecule has 0 aliphatic rings. The smallest absolute Gasteiger partial charge is 0.264 e. The predicted octanol–water partition coefficient (Wildman–Crippen LogP) is 1.08. The van der Waals surface area contributed by atoms with Crippen molar-refractivity contribution in [2.75, 3.05) is 12.9 Å². The fourth-order valence-electron chi connectivity index (χ4n) is 1.06. The Bertz CT molecular complexity index is 456. The standard InChI is InChI=1S/C10H11NO3S/c1-15(12,13)14-7-6-9-2-4-10(8-11)5-3-9/h2-5H,6-7H2,1H3. The molecule has 4 nitrogen and oxygen atoms in total. The zero-order chi connectivity index (χ0) is 11.3. The van der Waals surface area contributed by atoms with Crippen molar-refractivity contribution in [3.63, 3.8) is 0 Å². The highest BCUT2D eigenvalue weighted by atomic mass is 32.2. The second-order valence-electron chi connectivity index (χ2n) is 3.08. The molecule has 0 aliphatic carbocycles. The van der Waals surface area contributed by atoms with Crippen LogP contribution in [0.1, 0.15) is 11.1 Å². The molecule has 1 aromatic rings. The van der Waals surface area contributed by atoms with Gasteiger partial charge < -0.3 is 0 Å². The van der Waals surface area contributed by atoms with Crippen LogP contribution in [0.2, 0.25) is 0 Å². The largest absolute Gasteiger partial charge is 0.270 e. The first-order chi connectivity index (χ1) is 7.01. The van der Waals surface area contributed by atoms with Crippen LogP contribution in [0, 0.1) is 11.3 Å². The van der Waals surface area contributed by atoms with Gasteiger partial charge in [0, 0.05) is 0 Å².